The van der Waals surface area contributed by atoms with Crippen molar-refractivity contribution >= 4 is 16.9 Å². The van der Waals surface area contributed by atoms with E-state index in [-0.39, 0.29) is 29.3 Å². The molecule has 0 aliphatic carbocycles. The minimum absolute atomic E-state index is 0.140. The summed E-state index contributed by atoms with van der Waals surface area (Å²) in [6, 6.07) is 14.4. The summed E-state index contributed by atoms with van der Waals surface area (Å²) in [6.45, 7) is 4.42. The minimum atomic E-state index is -0.350. The van der Waals surface area contributed by atoms with E-state index in [9.17, 15) is 9.18 Å². The number of nitrogens with zero attached hydrogens (tertiary/aromatic N) is 3. The van der Waals surface area contributed by atoms with E-state index in [0.29, 0.717) is 19.7 Å². The Kier molecular flexibility index (Phi) is 5.79. The average Bonchev–Trinajstić information content (AvgIpc) is 3.16. The smallest absolute Gasteiger partial charge is 0.227 e. The highest BCUT2D eigenvalue weighted by Gasteiger charge is 2.27. The number of piperidine rings is 1. The van der Waals surface area contributed by atoms with Gasteiger partial charge < -0.3 is 14.2 Å². The Labute approximate surface area is 170 Å². The van der Waals surface area contributed by atoms with Crippen LogP contribution in [-0.4, -0.2) is 40.1 Å². The van der Waals surface area contributed by atoms with E-state index in [2.05, 4.69) is 4.98 Å². The van der Waals surface area contributed by atoms with Crippen molar-refractivity contribution in [2.75, 3.05) is 19.7 Å². The Morgan fingerprint density at radius 3 is 2.90 bits per heavy atom. The van der Waals surface area contributed by atoms with Crippen LogP contribution >= 0.6 is 0 Å². The van der Waals surface area contributed by atoms with Crippen LogP contribution in [0.15, 0.2) is 54.9 Å². The minimum Gasteiger partial charge on any atom is -0.490 e. The summed E-state index contributed by atoms with van der Waals surface area (Å²) in [7, 11) is 0. The summed E-state index contributed by atoms with van der Waals surface area (Å²) in [5.74, 6) is 0.152. The summed E-state index contributed by atoms with van der Waals surface area (Å²) in [6.07, 6.45) is 3.73. The van der Waals surface area contributed by atoms with Crippen molar-refractivity contribution in [3.63, 3.8) is 0 Å². The van der Waals surface area contributed by atoms with Gasteiger partial charge in [0.25, 0.3) is 0 Å². The van der Waals surface area contributed by atoms with E-state index in [1.54, 1.807) is 24.5 Å². The van der Waals surface area contributed by atoms with Crippen molar-refractivity contribution < 1.29 is 13.9 Å². The fourth-order valence-corrected chi connectivity index (χ4v) is 4.01. The largest absolute Gasteiger partial charge is 0.490 e. The number of carbonyl (C=O) groups is 1. The Bertz CT molecular complexity index is 987. The van der Waals surface area contributed by atoms with Gasteiger partial charge in [-0.2, -0.15) is 0 Å². The first kappa shape index (κ1) is 19.4. The molecule has 3 aromatic rings. The lowest BCUT2D eigenvalue weighted by Gasteiger charge is -2.34. The normalized spacial score (nSPS) is 18.0. The molecule has 1 aliphatic rings. The van der Waals surface area contributed by atoms with Crippen LogP contribution in [0.1, 0.15) is 19.8 Å². The molecular weight excluding hydrogens is 369 g/mol. The van der Waals surface area contributed by atoms with Gasteiger partial charge in [-0.05, 0) is 37.1 Å². The second kappa shape index (κ2) is 8.64. The number of aromatic nitrogens is 2. The number of carbonyl (C=O) groups excluding carboxylic acids is 1. The van der Waals surface area contributed by atoms with Gasteiger partial charge in [-0.15, -0.1) is 0 Å². The molecule has 2 aromatic carbocycles. The topological polar surface area (TPSA) is 47.4 Å². The van der Waals surface area contributed by atoms with Crippen molar-refractivity contribution in [1.82, 2.24) is 14.5 Å². The summed E-state index contributed by atoms with van der Waals surface area (Å²) >= 11 is 0. The quantitative estimate of drug-likeness (QED) is 0.631. The summed E-state index contributed by atoms with van der Waals surface area (Å²) in [5, 5.41) is 0. The van der Waals surface area contributed by atoms with E-state index >= 15 is 0 Å². The molecule has 1 fully saturated rings. The number of fused-ring (bicyclic) bond motifs is 1. The zero-order valence-electron chi connectivity index (χ0n) is 16.6. The van der Waals surface area contributed by atoms with Gasteiger partial charge >= 0.3 is 0 Å². The third-order valence-electron chi connectivity index (χ3n) is 5.56. The van der Waals surface area contributed by atoms with Crippen LogP contribution in [0.5, 0.6) is 5.75 Å². The molecule has 1 amide bonds. The van der Waals surface area contributed by atoms with Gasteiger partial charge in [-0.25, -0.2) is 9.37 Å². The number of benzene rings is 2. The molecule has 2 heterocycles. The van der Waals surface area contributed by atoms with Crippen LogP contribution in [0.2, 0.25) is 0 Å². The molecule has 0 unspecified atom stereocenters. The molecule has 0 N–H and O–H groups in total. The first-order valence-electron chi connectivity index (χ1n) is 10.2. The first-order chi connectivity index (χ1) is 14.1. The fourth-order valence-electron chi connectivity index (χ4n) is 4.01. The van der Waals surface area contributed by atoms with Gasteiger partial charge in [0.2, 0.25) is 5.91 Å². The van der Waals surface area contributed by atoms with Crippen LogP contribution in [0.3, 0.4) is 0 Å². The number of imidazole rings is 1. The number of hydrogen-bond donors (Lipinski definition) is 0. The summed E-state index contributed by atoms with van der Waals surface area (Å²) < 4.78 is 21.5. The van der Waals surface area contributed by atoms with Crippen molar-refractivity contribution in [3.05, 3.63) is 60.7 Å². The van der Waals surface area contributed by atoms with E-state index in [1.165, 1.54) is 6.07 Å². The second-order valence-electron chi connectivity index (χ2n) is 7.82. The molecular formula is C23H26FN3O2. The molecule has 1 saturated heterocycles. The molecule has 152 valence electrons. The van der Waals surface area contributed by atoms with Crippen LogP contribution < -0.4 is 4.74 Å². The molecule has 0 spiro atoms. The Morgan fingerprint density at radius 2 is 2.03 bits per heavy atom. The van der Waals surface area contributed by atoms with Crippen molar-refractivity contribution in [2.24, 2.45) is 11.8 Å². The van der Waals surface area contributed by atoms with E-state index in [0.717, 1.165) is 30.4 Å². The van der Waals surface area contributed by atoms with Gasteiger partial charge in [0.15, 0.2) is 11.6 Å². The van der Waals surface area contributed by atoms with Gasteiger partial charge in [-0.3, -0.25) is 4.79 Å². The van der Waals surface area contributed by atoms with Crippen LogP contribution in [0.4, 0.5) is 4.39 Å². The fraction of sp³-hybridized carbons (Fsp3) is 0.391. The predicted octanol–water partition coefficient (Wildman–Crippen LogP) is 4.13. The van der Waals surface area contributed by atoms with Crippen molar-refractivity contribution in [2.45, 2.75) is 26.3 Å². The number of halogens is 1. The number of likely N-dealkylation sites (tertiary alicyclic amines) is 1. The van der Waals surface area contributed by atoms with Crippen LogP contribution in [0.25, 0.3) is 11.0 Å². The third-order valence-corrected chi connectivity index (χ3v) is 5.56. The Hall–Kier alpha value is -2.89. The maximum absolute atomic E-state index is 13.7. The highest BCUT2D eigenvalue weighted by Crippen LogP contribution is 2.22. The van der Waals surface area contributed by atoms with E-state index < -0.39 is 0 Å². The summed E-state index contributed by atoms with van der Waals surface area (Å²) in [5.41, 5.74) is 1.98. The Morgan fingerprint density at radius 1 is 1.24 bits per heavy atom. The van der Waals surface area contributed by atoms with Gasteiger partial charge in [-0.1, -0.05) is 31.2 Å². The highest BCUT2D eigenvalue weighted by atomic mass is 19.1. The number of amides is 1. The lowest BCUT2D eigenvalue weighted by molar-refractivity contribution is -0.137. The number of hydrogen-bond acceptors (Lipinski definition) is 3. The van der Waals surface area contributed by atoms with E-state index in [4.69, 9.17) is 4.74 Å². The maximum Gasteiger partial charge on any atom is 0.227 e. The molecule has 0 saturated carbocycles. The van der Waals surface area contributed by atoms with Crippen molar-refractivity contribution in [3.8, 4) is 5.75 Å². The molecule has 5 nitrogen and oxygen atoms in total. The maximum atomic E-state index is 13.7. The molecule has 29 heavy (non-hydrogen) atoms. The summed E-state index contributed by atoms with van der Waals surface area (Å²) in [4.78, 5) is 19.4. The molecule has 0 radical (unpaired) electrons. The molecule has 2 atom stereocenters. The Balaban J connectivity index is 1.35. The SMILES string of the molecule is C[C@@H](Cn1cnc2ccccc21)C(=O)N1CCC[C@@H](COc2ccccc2F)C1. The zero-order chi connectivity index (χ0) is 20.2. The number of rotatable bonds is 6. The molecule has 0 bridgehead atoms. The second-order valence-corrected chi connectivity index (χ2v) is 7.82. The number of para-hydroxylation sites is 3. The van der Waals surface area contributed by atoms with E-state index in [1.807, 2.05) is 40.7 Å². The molecule has 1 aromatic heterocycles. The standard InChI is InChI=1S/C23H26FN3O2/c1-17(13-27-16-25-20-9-3-4-10-21(20)27)23(28)26-12-6-7-18(14-26)15-29-22-11-5-2-8-19(22)24/h2-5,8-11,16-18H,6-7,12-15H2,1H3/t17-,18+/m0/s1. The van der Waals surface area contributed by atoms with Gasteiger partial charge in [0, 0.05) is 25.6 Å². The van der Waals surface area contributed by atoms with Crippen LogP contribution in [0, 0.1) is 17.7 Å². The van der Waals surface area contributed by atoms with Crippen molar-refractivity contribution in [1.29, 1.82) is 0 Å². The van der Waals surface area contributed by atoms with Gasteiger partial charge in [0.05, 0.1) is 29.9 Å². The van der Waals surface area contributed by atoms with Gasteiger partial charge in [0.1, 0.15) is 0 Å². The molecule has 4 rings (SSSR count). The predicted molar refractivity (Wildman–Crippen MR) is 110 cm³/mol. The molecule has 1 aliphatic heterocycles. The molecule has 6 heteroatoms. The monoisotopic (exact) mass is 395 g/mol. The average molecular weight is 395 g/mol. The van der Waals surface area contributed by atoms with Crippen LogP contribution in [-0.2, 0) is 11.3 Å². The third kappa shape index (κ3) is 4.42. The number of ether oxygens (including phenoxy) is 1. The lowest BCUT2D eigenvalue weighted by Crippen LogP contribution is -2.44. The highest BCUT2D eigenvalue weighted by molar-refractivity contribution is 5.79. The first-order valence-corrected chi connectivity index (χ1v) is 10.2. The zero-order valence-corrected chi connectivity index (χ0v) is 16.6. The lowest BCUT2D eigenvalue weighted by atomic mass is 9.97.